The summed E-state index contributed by atoms with van der Waals surface area (Å²) < 4.78 is 11.1. The van der Waals surface area contributed by atoms with Crippen LogP contribution in [0.5, 0.6) is 5.75 Å². The molecule has 2 aliphatic heterocycles. The standard InChI is InChI=1S/C30H38N2O5/c1-20(2)37-24-12-8-22(9-13-24)27(33)25-26(21-6-10-23(11-7-21)30(3,4)5)32(29(35)28(25)34)15-14-31-16-18-36-19-17-31/h6-13,20,26,33H,14-19H2,1-5H3/b27-25+. The molecule has 2 fully saturated rings. The van der Waals surface area contributed by atoms with E-state index in [1.165, 1.54) is 4.90 Å². The van der Waals surface area contributed by atoms with Gasteiger partial charge >= 0.3 is 0 Å². The van der Waals surface area contributed by atoms with Gasteiger partial charge in [-0.3, -0.25) is 9.59 Å². The Morgan fingerprint density at radius 2 is 1.68 bits per heavy atom. The van der Waals surface area contributed by atoms with Crippen molar-refractivity contribution in [2.75, 3.05) is 39.4 Å². The molecule has 1 amide bonds. The normalized spacial score (nSPS) is 20.6. The van der Waals surface area contributed by atoms with Crippen LogP contribution in [0.25, 0.3) is 5.76 Å². The highest BCUT2D eigenvalue weighted by Gasteiger charge is 2.44. The number of hydrogen-bond donors (Lipinski definition) is 1. The Hall–Kier alpha value is -3.16. The van der Waals surface area contributed by atoms with Crippen LogP contribution < -0.4 is 14.7 Å². The molecule has 2 heterocycles. The predicted molar refractivity (Wildman–Crippen MR) is 140 cm³/mol. The lowest BCUT2D eigenvalue weighted by atomic mass is 9.85. The van der Waals surface area contributed by atoms with E-state index < -0.39 is 23.5 Å². The second kappa shape index (κ2) is 11.1. The monoisotopic (exact) mass is 506 g/mol. The summed E-state index contributed by atoms with van der Waals surface area (Å²) in [5, 5.41) is 13.7. The van der Waals surface area contributed by atoms with Crippen LogP contribution in [0.4, 0.5) is 0 Å². The minimum atomic E-state index is -0.714. The SMILES string of the molecule is CC(C)Oc1ccc(/C([O-])=C2\C(=O)C(=O)N(CC[NH+]3CCOCC3)C2c2ccc(C(C)(C)C)cc2)cc1. The summed E-state index contributed by atoms with van der Waals surface area (Å²) in [7, 11) is 0. The average Bonchev–Trinajstić information content (AvgIpc) is 3.12. The van der Waals surface area contributed by atoms with Crippen molar-refractivity contribution in [1.29, 1.82) is 0 Å². The van der Waals surface area contributed by atoms with E-state index in [1.807, 2.05) is 38.1 Å². The van der Waals surface area contributed by atoms with Crippen molar-refractivity contribution in [2.45, 2.75) is 52.2 Å². The molecule has 2 aromatic rings. The maximum Gasteiger partial charge on any atom is 0.295 e. The van der Waals surface area contributed by atoms with E-state index in [0.717, 1.165) is 24.2 Å². The van der Waals surface area contributed by atoms with Crippen molar-refractivity contribution >= 4 is 17.4 Å². The molecule has 7 nitrogen and oxygen atoms in total. The van der Waals surface area contributed by atoms with Gasteiger partial charge in [-0.1, -0.05) is 62.9 Å². The highest BCUT2D eigenvalue weighted by molar-refractivity contribution is 6.46. The van der Waals surface area contributed by atoms with E-state index in [4.69, 9.17) is 9.47 Å². The number of hydrogen-bond acceptors (Lipinski definition) is 5. The number of amides is 1. The molecule has 2 saturated heterocycles. The third kappa shape index (κ3) is 6.05. The number of rotatable bonds is 7. The van der Waals surface area contributed by atoms with Crippen molar-refractivity contribution in [2.24, 2.45) is 0 Å². The number of likely N-dealkylation sites (tertiary alicyclic amines) is 1. The van der Waals surface area contributed by atoms with Gasteiger partial charge in [0.1, 0.15) is 18.8 Å². The van der Waals surface area contributed by atoms with Gasteiger partial charge in [0.25, 0.3) is 5.91 Å². The lowest BCUT2D eigenvalue weighted by molar-refractivity contribution is -0.907. The Bertz CT molecular complexity index is 1140. The van der Waals surface area contributed by atoms with Gasteiger partial charge < -0.3 is 24.4 Å². The third-order valence-electron chi connectivity index (χ3n) is 7.02. The smallest absolute Gasteiger partial charge is 0.295 e. The highest BCUT2D eigenvalue weighted by Crippen LogP contribution is 2.39. The van der Waals surface area contributed by atoms with Crippen molar-refractivity contribution in [1.82, 2.24) is 4.90 Å². The summed E-state index contributed by atoms with van der Waals surface area (Å²) in [6, 6.07) is 14.0. The zero-order chi connectivity index (χ0) is 26.7. The van der Waals surface area contributed by atoms with Crippen LogP contribution in [-0.2, 0) is 19.7 Å². The summed E-state index contributed by atoms with van der Waals surface area (Å²) in [6.07, 6.45) is 0.00700. The zero-order valence-corrected chi connectivity index (χ0v) is 22.5. The number of carbonyl (C=O) groups is 2. The van der Waals surface area contributed by atoms with E-state index >= 15 is 0 Å². The fourth-order valence-corrected chi connectivity index (χ4v) is 4.91. The molecule has 0 spiro atoms. The zero-order valence-electron chi connectivity index (χ0n) is 22.5. The summed E-state index contributed by atoms with van der Waals surface area (Å²) in [5.74, 6) is -1.09. The molecule has 4 rings (SSSR count). The van der Waals surface area contributed by atoms with Gasteiger partial charge in [-0.05, 0) is 48.1 Å². The van der Waals surface area contributed by atoms with E-state index in [9.17, 15) is 14.7 Å². The molecule has 1 atom stereocenters. The quantitative estimate of drug-likeness (QED) is 0.352. The van der Waals surface area contributed by atoms with E-state index in [1.54, 1.807) is 29.2 Å². The third-order valence-corrected chi connectivity index (χ3v) is 7.02. The number of quaternary nitrogens is 1. The topological polar surface area (TPSA) is 83.3 Å². The van der Waals surface area contributed by atoms with Gasteiger partial charge in [0.05, 0.1) is 38.4 Å². The van der Waals surface area contributed by atoms with Crippen molar-refractivity contribution < 1.29 is 29.1 Å². The number of benzene rings is 2. The average molecular weight is 507 g/mol. The van der Waals surface area contributed by atoms with Gasteiger partial charge in [-0.2, -0.15) is 0 Å². The number of nitrogens with zero attached hydrogens (tertiary/aromatic N) is 1. The highest BCUT2D eigenvalue weighted by atomic mass is 16.5. The molecule has 198 valence electrons. The number of ether oxygens (including phenoxy) is 2. The Kier molecular flexibility index (Phi) is 8.05. The molecular formula is C30H38N2O5. The first-order chi connectivity index (χ1) is 17.6. The number of morpholine rings is 1. The lowest BCUT2D eigenvalue weighted by Gasteiger charge is -2.30. The molecule has 7 heteroatoms. The van der Waals surface area contributed by atoms with Crippen LogP contribution in [0.1, 0.15) is 57.4 Å². The van der Waals surface area contributed by atoms with E-state index in [0.29, 0.717) is 37.6 Å². The molecule has 0 radical (unpaired) electrons. The number of nitrogens with one attached hydrogen (secondary N) is 1. The maximum atomic E-state index is 13.7. The number of carbonyl (C=O) groups excluding carboxylic acids is 2. The molecule has 2 aromatic carbocycles. The van der Waals surface area contributed by atoms with Crippen LogP contribution in [-0.4, -0.2) is 62.1 Å². The molecule has 0 saturated carbocycles. The molecule has 0 aliphatic carbocycles. The van der Waals surface area contributed by atoms with E-state index in [2.05, 4.69) is 20.8 Å². The summed E-state index contributed by atoms with van der Waals surface area (Å²) in [6.45, 7) is 14.5. The lowest BCUT2D eigenvalue weighted by Crippen LogP contribution is -3.14. The largest absolute Gasteiger partial charge is 0.872 e. The van der Waals surface area contributed by atoms with Crippen LogP contribution in [0, 0.1) is 0 Å². The minimum Gasteiger partial charge on any atom is -0.872 e. The molecule has 0 bridgehead atoms. The van der Waals surface area contributed by atoms with Gasteiger partial charge in [0, 0.05) is 5.57 Å². The fourth-order valence-electron chi connectivity index (χ4n) is 4.91. The molecular weight excluding hydrogens is 468 g/mol. The first-order valence-electron chi connectivity index (χ1n) is 13.1. The number of ketones is 1. The molecule has 0 aromatic heterocycles. The Morgan fingerprint density at radius 1 is 1.05 bits per heavy atom. The second-order valence-electron chi connectivity index (χ2n) is 11.1. The van der Waals surface area contributed by atoms with Crippen molar-refractivity contribution in [3.63, 3.8) is 0 Å². The van der Waals surface area contributed by atoms with Gasteiger partial charge in [-0.15, -0.1) is 0 Å². The van der Waals surface area contributed by atoms with Gasteiger partial charge in [0.15, 0.2) is 0 Å². The second-order valence-corrected chi connectivity index (χ2v) is 11.1. The predicted octanol–water partition coefficient (Wildman–Crippen LogP) is 1.91. The van der Waals surface area contributed by atoms with Gasteiger partial charge in [0.2, 0.25) is 5.78 Å². The van der Waals surface area contributed by atoms with Crippen molar-refractivity contribution in [3.8, 4) is 5.75 Å². The summed E-state index contributed by atoms with van der Waals surface area (Å²) in [4.78, 5) is 29.5. The molecule has 1 unspecified atom stereocenters. The first kappa shape index (κ1) is 26.9. The summed E-state index contributed by atoms with van der Waals surface area (Å²) >= 11 is 0. The van der Waals surface area contributed by atoms with Crippen molar-refractivity contribution in [3.05, 3.63) is 70.8 Å². The van der Waals surface area contributed by atoms with E-state index in [-0.39, 0.29) is 17.1 Å². The Balaban J connectivity index is 1.72. The first-order valence-corrected chi connectivity index (χ1v) is 13.1. The van der Waals surface area contributed by atoms with Gasteiger partial charge in [-0.25, -0.2) is 0 Å². The Morgan fingerprint density at radius 3 is 2.24 bits per heavy atom. The van der Waals surface area contributed by atoms with Crippen LogP contribution in [0.2, 0.25) is 0 Å². The number of Topliss-reactive ketones (excluding diaryl/α,β-unsaturated/α-hetero) is 1. The fraction of sp³-hybridized carbons (Fsp3) is 0.467. The molecule has 2 aliphatic rings. The summed E-state index contributed by atoms with van der Waals surface area (Å²) in [5.41, 5.74) is 2.26. The molecule has 37 heavy (non-hydrogen) atoms. The molecule has 1 N–H and O–H groups in total. The van der Waals surface area contributed by atoms with Crippen LogP contribution >= 0.6 is 0 Å². The maximum absolute atomic E-state index is 13.7. The minimum absolute atomic E-state index is 0.00700. The Labute approximate surface area is 219 Å². The van der Waals surface area contributed by atoms with Crippen LogP contribution in [0.15, 0.2) is 54.1 Å². The van der Waals surface area contributed by atoms with Crippen LogP contribution in [0.3, 0.4) is 0 Å².